The van der Waals surface area contributed by atoms with Crippen LogP contribution in [0.25, 0.3) is 0 Å². The fourth-order valence-corrected chi connectivity index (χ4v) is 4.17. The molecule has 1 saturated carbocycles. The maximum absolute atomic E-state index is 13.0. The maximum atomic E-state index is 13.0. The van der Waals surface area contributed by atoms with Crippen molar-refractivity contribution in [2.45, 2.75) is 57.3 Å². The second kappa shape index (κ2) is 6.41. The van der Waals surface area contributed by atoms with Crippen LogP contribution in [0.4, 0.5) is 13.2 Å². The Hall–Kier alpha value is -0.340. The first-order valence-electron chi connectivity index (χ1n) is 6.52. The molecule has 19 heavy (non-hydrogen) atoms. The molecular weight excluding hydrogens is 281 g/mol. The Kier molecular flexibility index (Phi) is 5.64. The van der Waals surface area contributed by atoms with Gasteiger partial charge in [0.15, 0.2) is 0 Å². The third kappa shape index (κ3) is 4.61. The number of nitrogens with two attached hydrogens (primary N) is 1. The van der Waals surface area contributed by atoms with Gasteiger partial charge < -0.3 is 5.73 Å². The smallest absolute Gasteiger partial charge is 0.330 e. The van der Waals surface area contributed by atoms with Crippen LogP contribution < -0.4 is 5.73 Å². The Balaban J connectivity index is 2.97. The molecule has 2 N–H and O–H groups in total. The van der Waals surface area contributed by atoms with Gasteiger partial charge in [-0.2, -0.15) is 17.5 Å². The van der Waals surface area contributed by atoms with E-state index in [1.165, 1.54) is 0 Å². The lowest BCUT2D eigenvalue weighted by atomic mass is 10.2. The lowest BCUT2D eigenvalue weighted by Gasteiger charge is -2.32. The second-order valence-corrected chi connectivity index (χ2v) is 6.86. The van der Waals surface area contributed by atoms with Crippen molar-refractivity contribution >= 4 is 10.0 Å². The highest BCUT2D eigenvalue weighted by molar-refractivity contribution is 7.89. The predicted molar refractivity (Wildman–Crippen MR) is 67.1 cm³/mol. The van der Waals surface area contributed by atoms with Crippen LogP contribution in [0.15, 0.2) is 0 Å². The molecule has 0 aromatic carbocycles. The van der Waals surface area contributed by atoms with Crippen molar-refractivity contribution in [1.29, 1.82) is 0 Å². The predicted octanol–water partition coefficient (Wildman–Crippen LogP) is 1.86. The van der Waals surface area contributed by atoms with Gasteiger partial charge in [0.2, 0.25) is 10.0 Å². The second-order valence-electron chi connectivity index (χ2n) is 4.87. The van der Waals surface area contributed by atoms with Crippen LogP contribution in [0.3, 0.4) is 0 Å². The van der Waals surface area contributed by atoms with E-state index in [0.717, 1.165) is 0 Å². The van der Waals surface area contributed by atoms with Crippen LogP contribution in [-0.4, -0.2) is 43.3 Å². The fraction of sp³-hybridized carbons (Fsp3) is 1.00. The summed E-state index contributed by atoms with van der Waals surface area (Å²) in [7, 11) is -3.87. The minimum absolute atomic E-state index is 0.184. The summed E-state index contributed by atoms with van der Waals surface area (Å²) in [6.07, 6.45) is -2.94. The molecular formula is C11H21F3N2O2S. The first-order chi connectivity index (χ1) is 8.74. The maximum Gasteiger partial charge on any atom is 0.405 e. The van der Waals surface area contributed by atoms with Crippen LogP contribution in [0.1, 0.15) is 39.0 Å². The van der Waals surface area contributed by atoms with Gasteiger partial charge in [-0.15, -0.1) is 0 Å². The highest BCUT2D eigenvalue weighted by atomic mass is 32.2. The van der Waals surface area contributed by atoms with Crippen molar-refractivity contribution in [2.75, 3.05) is 12.3 Å². The molecule has 0 heterocycles. The number of alkyl halides is 3. The quantitative estimate of drug-likeness (QED) is 0.744. The topological polar surface area (TPSA) is 63.4 Å². The van der Waals surface area contributed by atoms with E-state index in [4.69, 9.17) is 5.73 Å². The van der Waals surface area contributed by atoms with Gasteiger partial charge in [0.25, 0.3) is 0 Å². The molecule has 0 aromatic rings. The van der Waals surface area contributed by atoms with E-state index in [9.17, 15) is 21.6 Å². The van der Waals surface area contributed by atoms with Crippen LogP contribution in [0.2, 0.25) is 0 Å². The summed E-state index contributed by atoms with van der Waals surface area (Å²) >= 11 is 0. The zero-order valence-electron chi connectivity index (χ0n) is 11.0. The molecule has 8 heteroatoms. The summed E-state index contributed by atoms with van der Waals surface area (Å²) in [5.41, 5.74) is 5.21. The molecule has 1 atom stereocenters. The van der Waals surface area contributed by atoms with E-state index in [2.05, 4.69) is 0 Å². The molecule has 0 saturated heterocycles. The Morgan fingerprint density at radius 1 is 1.37 bits per heavy atom. The van der Waals surface area contributed by atoms with Crippen LogP contribution in [0, 0.1) is 0 Å². The highest BCUT2D eigenvalue weighted by Gasteiger charge is 2.52. The number of hydrogen-bond donors (Lipinski definition) is 1. The lowest BCUT2D eigenvalue weighted by Crippen LogP contribution is -2.51. The average molecular weight is 302 g/mol. The zero-order valence-corrected chi connectivity index (χ0v) is 11.8. The largest absolute Gasteiger partial charge is 0.405 e. The zero-order chi connectivity index (χ0) is 14.7. The van der Waals surface area contributed by atoms with E-state index >= 15 is 0 Å². The molecule has 1 aliphatic rings. The SMILES string of the molecule is CCCCS(=O)(=O)N(C1CC1)C(CCN)C(F)(F)F. The molecule has 1 unspecified atom stereocenters. The van der Waals surface area contributed by atoms with E-state index < -0.39 is 28.3 Å². The van der Waals surface area contributed by atoms with Crippen LogP contribution in [-0.2, 0) is 10.0 Å². The first kappa shape index (κ1) is 16.7. The average Bonchev–Trinajstić information content (AvgIpc) is 3.08. The van der Waals surface area contributed by atoms with Gasteiger partial charge in [-0.1, -0.05) is 13.3 Å². The van der Waals surface area contributed by atoms with Gasteiger partial charge in [-0.05, 0) is 32.2 Å². The van der Waals surface area contributed by atoms with Gasteiger partial charge in [0.1, 0.15) is 6.04 Å². The molecule has 0 bridgehead atoms. The summed E-state index contributed by atoms with van der Waals surface area (Å²) in [5.74, 6) is -0.225. The van der Waals surface area contributed by atoms with Crippen LogP contribution in [0.5, 0.6) is 0 Å². The van der Waals surface area contributed by atoms with Crippen molar-refractivity contribution in [2.24, 2.45) is 5.73 Å². The molecule has 0 aromatic heterocycles. The Morgan fingerprint density at radius 2 is 1.95 bits per heavy atom. The van der Waals surface area contributed by atoms with Gasteiger partial charge in [0.05, 0.1) is 5.75 Å². The van der Waals surface area contributed by atoms with E-state index in [1.54, 1.807) is 6.92 Å². The Bertz CT molecular complexity index is 380. The summed E-state index contributed by atoms with van der Waals surface area (Å²) < 4.78 is 64.0. The third-order valence-electron chi connectivity index (χ3n) is 3.11. The van der Waals surface area contributed by atoms with Crippen molar-refractivity contribution in [3.63, 3.8) is 0 Å². The molecule has 114 valence electrons. The molecule has 1 fully saturated rings. The molecule has 1 aliphatic carbocycles. The van der Waals surface area contributed by atoms with Crippen molar-refractivity contribution < 1.29 is 21.6 Å². The van der Waals surface area contributed by atoms with Gasteiger partial charge in [0, 0.05) is 6.04 Å². The first-order valence-corrected chi connectivity index (χ1v) is 8.13. The Labute approximate surface area is 112 Å². The number of halogens is 3. The number of unbranched alkanes of at least 4 members (excludes halogenated alkanes) is 1. The molecule has 1 rings (SSSR count). The molecule has 0 radical (unpaired) electrons. The number of hydrogen-bond acceptors (Lipinski definition) is 3. The van der Waals surface area contributed by atoms with Gasteiger partial charge in [-0.25, -0.2) is 8.42 Å². The molecule has 0 aliphatic heterocycles. The Morgan fingerprint density at radius 3 is 2.32 bits per heavy atom. The van der Waals surface area contributed by atoms with E-state index in [0.29, 0.717) is 30.0 Å². The minimum Gasteiger partial charge on any atom is -0.330 e. The lowest BCUT2D eigenvalue weighted by molar-refractivity contribution is -0.173. The van der Waals surface area contributed by atoms with E-state index in [-0.39, 0.29) is 18.7 Å². The third-order valence-corrected chi connectivity index (χ3v) is 5.11. The summed E-state index contributed by atoms with van der Waals surface area (Å²) in [5, 5.41) is 0. The molecule has 4 nitrogen and oxygen atoms in total. The molecule has 0 amide bonds. The minimum atomic E-state index is -4.57. The number of nitrogens with zero attached hydrogens (tertiary/aromatic N) is 1. The van der Waals surface area contributed by atoms with Crippen molar-refractivity contribution in [3.8, 4) is 0 Å². The summed E-state index contributed by atoms with van der Waals surface area (Å²) in [6.45, 7) is 1.62. The molecule has 0 spiro atoms. The summed E-state index contributed by atoms with van der Waals surface area (Å²) in [4.78, 5) is 0. The van der Waals surface area contributed by atoms with Crippen molar-refractivity contribution in [3.05, 3.63) is 0 Å². The van der Waals surface area contributed by atoms with Gasteiger partial charge >= 0.3 is 6.18 Å². The summed E-state index contributed by atoms with van der Waals surface area (Å²) in [6, 6.07) is -2.48. The van der Waals surface area contributed by atoms with Crippen LogP contribution >= 0.6 is 0 Å². The number of sulfonamides is 1. The normalized spacial score (nSPS) is 18.8. The van der Waals surface area contributed by atoms with E-state index in [1.807, 2.05) is 0 Å². The number of rotatable bonds is 8. The monoisotopic (exact) mass is 302 g/mol. The van der Waals surface area contributed by atoms with Crippen molar-refractivity contribution in [1.82, 2.24) is 4.31 Å². The van der Waals surface area contributed by atoms with Gasteiger partial charge in [-0.3, -0.25) is 0 Å². The standard InChI is InChI=1S/C11H21F3N2O2S/c1-2-3-8-19(17,18)16(9-4-5-9)10(6-7-15)11(12,13)14/h9-10H,2-8,15H2,1H3. The fourth-order valence-electron chi connectivity index (χ4n) is 2.03. The highest BCUT2D eigenvalue weighted by Crippen LogP contribution is 2.38.